The maximum atomic E-state index is 13.1. The highest BCUT2D eigenvalue weighted by molar-refractivity contribution is 6.08. The quantitative estimate of drug-likeness (QED) is 0.568. The van der Waals surface area contributed by atoms with E-state index in [9.17, 15) is 14.4 Å². The number of benzene rings is 1. The van der Waals surface area contributed by atoms with Gasteiger partial charge < -0.3 is 9.47 Å². The summed E-state index contributed by atoms with van der Waals surface area (Å²) in [4.78, 5) is 36.1. The molecule has 5 heteroatoms. The normalized spacial score (nSPS) is 19.6. The van der Waals surface area contributed by atoms with Crippen LogP contribution in [0.4, 0.5) is 0 Å². The summed E-state index contributed by atoms with van der Waals surface area (Å²) in [5.74, 6) is 1.38. The van der Waals surface area contributed by atoms with Crippen molar-refractivity contribution in [1.29, 1.82) is 0 Å². The predicted octanol–water partition coefficient (Wildman–Crippen LogP) is 2.69. The molecule has 1 aliphatic carbocycles. The standard InChI is InChI=1S/C19H22O5/c1-3-23-17(21)10-7-11-19(24-4-2)15(13-20)12-14-8-5-6-9-16(14)18(19)22/h5-6,8-9H,3-4,7,10-12H2,1-2H3. The molecule has 128 valence electrons. The highest BCUT2D eigenvalue weighted by Crippen LogP contribution is 2.38. The fraction of sp³-hybridized carbons (Fsp3) is 0.474. The Labute approximate surface area is 141 Å². The van der Waals surface area contributed by atoms with Crippen LogP contribution in [0, 0.1) is 0 Å². The van der Waals surface area contributed by atoms with Crippen molar-refractivity contribution in [2.45, 2.75) is 45.1 Å². The Morgan fingerprint density at radius 2 is 2.00 bits per heavy atom. The molecule has 5 nitrogen and oxygen atoms in total. The molecular weight excluding hydrogens is 308 g/mol. The van der Waals surface area contributed by atoms with Gasteiger partial charge in [-0.1, -0.05) is 24.3 Å². The number of Topliss-reactive ketones (excluding diaryl/α,β-unsaturated/α-hetero) is 1. The Hall–Kier alpha value is -2.23. The number of hydrogen-bond acceptors (Lipinski definition) is 5. The largest absolute Gasteiger partial charge is 0.466 e. The van der Waals surface area contributed by atoms with Crippen molar-refractivity contribution in [3.8, 4) is 0 Å². The lowest BCUT2D eigenvalue weighted by Crippen LogP contribution is -2.47. The van der Waals surface area contributed by atoms with E-state index >= 15 is 0 Å². The van der Waals surface area contributed by atoms with Crippen LogP contribution in [-0.2, 0) is 25.5 Å². The van der Waals surface area contributed by atoms with Gasteiger partial charge in [0.15, 0.2) is 11.4 Å². The van der Waals surface area contributed by atoms with Crippen molar-refractivity contribution in [3.63, 3.8) is 0 Å². The monoisotopic (exact) mass is 330 g/mol. The van der Waals surface area contributed by atoms with Gasteiger partial charge in [0.1, 0.15) is 5.94 Å². The molecule has 0 aliphatic heterocycles. The Kier molecular flexibility index (Phi) is 6.07. The van der Waals surface area contributed by atoms with Crippen LogP contribution < -0.4 is 0 Å². The van der Waals surface area contributed by atoms with Crippen LogP contribution in [0.25, 0.3) is 0 Å². The number of rotatable bonds is 7. The second kappa shape index (κ2) is 8.04. The topological polar surface area (TPSA) is 69.7 Å². The summed E-state index contributed by atoms with van der Waals surface area (Å²) in [6, 6.07) is 7.21. The second-order valence-corrected chi connectivity index (χ2v) is 5.66. The van der Waals surface area contributed by atoms with E-state index in [4.69, 9.17) is 9.47 Å². The van der Waals surface area contributed by atoms with Crippen LogP contribution in [0.15, 0.2) is 29.8 Å². The first kappa shape index (κ1) is 18.1. The molecule has 1 aliphatic rings. The third-order valence-corrected chi connectivity index (χ3v) is 4.21. The molecule has 0 amide bonds. The Bertz CT molecular complexity index is 672. The summed E-state index contributed by atoms with van der Waals surface area (Å²) >= 11 is 0. The average Bonchev–Trinajstić information content (AvgIpc) is 2.58. The van der Waals surface area contributed by atoms with Gasteiger partial charge in [0.25, 0.3) is 0 Å². The van der Waals surface area contributed by atoms with E-state index in [1.807, 2.05) is 18.1 Å². The minimum Gasteiger partial charge on any atom is -0.466 e. The molecule has 1 atom stereocenters. The number of hydrogen-bond donors (Lipinski definition) is 0. The zero-order chi connectivity index (χ0) is 17.6. The first-order valence-electron chi connectivity index (χ1n) is 8.25. The molecular formula is C19H22O5. The highest BCUT2D eigenvalue weighted by Gasteiger charge is 2.47. The Balaban J connectivity index is 2.30. The molecule has 0 saturated carbocycles. The van der Waals surface area contributed by atoms with Crippen LogP contribution in [0.5, 0.6) is 0 Å². The number of fused-ring (bicyclic) bond motifs is 1. The van der Waals surface area contributed by atoms with E-state index < -0.39 is 5.60 Å². The second-order valence-electron chi connectivity index (χ2n) is 5.66. The molecule has 0 spiro atoms. The Morgan fingerprint density at radius 1 is 1.25 bits per heavy atom. The van der Waals surface area contributed by atoms with Crippen molar-refractivity contribution in [3.05, 3.63) is 41.0 Å². The summed E-state index contributed by atoms with van der Waals surface area (Å²) in [6.07, 6.45) is 1.18. The fourth-order valence-corrected chi connectivity index (χ4v) is 3.15. The first-order chi connectivity index (χ1) is 11.6. The van der Waals surface area contributed by atoms with Gasteiger partial charge in [-0.3, -0.25) is 9.59 Å². The lowest BCUT2D eigenvalue weighted by Gasteiger charge is -2.37. The van der Waals surface area contributed by atoms with E-state index in [0.29, 0.717) is 37.2 Å². The highest BCUT2D eigenvalue weighted by atomic mass is 16.5. The van der Waals surface area contributed by atoms with Gasteiger partial charge in [0.2, 0.25) is 0 Å². The summed E-state index contributed by atoms with van der Waals surface area (Å²) in [7, 11) is 0. The lowest BCUT2D eigenvalue weighted by molar-refractivity contribution is -0.143. The van der Waals surface area contributed by atoms with Crippen LogP contribution in [-0.4, -0.2) is 36.5 Å². The average molecular weight is 330 g/mol. The molecule has 1 unspecified atom stereocenters. The molecule has 1 aromatic carbocycles. The summed E-state index contributed by atoms with van der Waals surface area (Å²) < 4.78 is 10.7. The van der Waals surface area contributed by atoms with Crippen LogP contribution >= 0.6 is 0 Å². The SMILES string of the molecule is CCOC(=O)CCCC1(OCC)C(=O)c2ccccc2CC1=C=O. The van der Waals surface area contributed by atoms with Gasteiger partial charge in [0, 0.05) is 25.0 Å². The van der Waals surface area contributed by atoms with Crippen molar-refractivity contribution >= 4 is 17.7 Å². The maximum absolute atomic E-state index is 13.1. The van der Waals surface area contributed by atoms with Gasteiger partial charge in [-0.25, -0.2) is 4.79 Å². The fourth-order valence-electron chi connectivity index (χ4n) is 3.15. The maximum Gasteiger partial charge on any atom is 0.305 e. The first-order valence-corrected chi connectivity index (χ1v) is 8.25. The third-order valence-electron chi connectivity index (χ3n) is 4.21. The summed E-state index contributed by atoms with van der Waals surface area (Å²) in [5.41, 5.74) is 0.358. The predicted molar refractivity (Wildman–Crippen MR) is 88.5 cm³/mol. The van der Waals surface area contributed by atoms with Crippen molar-refractivity contribution < 1.29 is 23.9 Å². The number of ketones is 1. The molecule has 0 bridgehead atoms. The van der Waals surface area contributed by atoms with Crippen molar-refractivity contribution in [2.24, 2.45) is 0 Å². The van der Waals surface area contributed by atoms with E-state index in [-0.39, 0.29) is 24.6 Å². The molecule has 0 fully saturated rings. The molecule has 0 saturated heterocycles. The van der Waals surface area contributed by atoms with Gasteiger partial charge in [-0.15, -0.1) is 0 Å². The van der Waals surface area contributed by atoms with E-state index in [1.165, 1.54) is 0 Å². The summed E-state index contributed by atoms with van der Waals surface area (Å²) in [5, 5.41) is 0. The van der Waals surface area contributed by atoms with Crippen LogP contribution in [0.2, 0.25) is 0 Å². The van der Waals surface area contributed by atoms with Gasteiger partial charge in [-0.2, -0.15) is 0 Å². The van der Waals surface area contributed by atoms with E-state index in [2.05, 4.69) is 0 Å². The van der Waals surface area contributed by atoms with Crippen LogP contribution in [0.1, 0.15) is 49.0 Å². The third kappa shape index (κ3) is 3.48. The molecule has 24 heavy (non-hydrogen) atoms. The van der Waals surface area contributed by atoms with E-state index in [1.54, 1.807) is 26.0 Å². The molecule has 0 radical (unpaired) electrons. The molecule has 2 rings (SSSR count). The minimum absolute atomic E-state index is 0.184. The number of carbonyl (C=O) groups is 2. The molecule has 0 N–H and O–H groups in total. The van der Waals surface area contributed by atoms with Crippen molar-refractivity contribution in [2.75, 3.05) is 13.2 Å². The van der Waals surface area contributed by atoms with Gasteiger partial charge in [0.05, 0.1) is 12.2 Å². The molecule has 0 aromatic heterocycles. The molecule has 0 heterocycles. The summed E-state index contributed by atoms with van der Waals surface area (Å²) in [6.45, 7) is 4.14. The Morgan fingerprint density at radius 3 is 2.67 bits per heavy atom. The minimum atomic E-state index is -1.32. The number of carbonyl (C=O) groups excluding carboxylic acids is 3. The number of ether oxygens (including phenoxy) is 2. The van der Waals surface area contributed by atoms with Gasteiger partial charge >= 0.3 is 5.97 Å². The zero-order valence-corrected chi connectivity index (χ0v) is 14.1. The van der Waals surface area contributed by atoms with Crippen LogP contribution in [0.3, 0.4) is 0 Å². The molecule has 1 aromatic rings. The van der Waals surface area contributed by atoms with Crippen molar-refractivity contribution in [1.82, 2.24) is 0 Å². The zero-order valence-electron chi connectivity index (χ0n) is 14.1. The van der Waals surface area contributed by atoms with Gasteiger partial charge in [-0.05, 0) is 32.3 Å². The number of esters is 1. The van der Waals surface area contributed by atoms with E-state index in [0.717, 1.165) is 5.56 Å². The smallest absolute Gasteiger partial charge is 0.305 e. The lowest BCUT2D eigenvalue weighted by atomic mass is 9.73.